The number of thiophene rings is 1. The predicted molar refractivity (Wildman–Crippen MR) is 241 cm³/mol. The van der Waals surface area contributed by atoms with E-state index in [0.29, 0.717) is 0 Å². The molecule has 2 N–H and O–H groups in total. The lowest BCUT2D eigenvalue weighted by Gasteiger charge is -2.12. The Bertz CT molecular complexity index is 3510. The van der Waals surface area contributed by atoms with Crippen LogP contribution in [0.1, 0.15) is 0 Å². The van der Waals surface area contributed by atoms with Crippen molar-refractivity contribution in [3.8, 4) is 55.0 Å². The van der Waals surface area contributed by atoms with Crippen molar-refractivity contribution in [2.45, 2.75) is 0 Å². The zero-order chi connectivity index (χ0) is 38.6. The third-order valence-corrected chi connectivity index (χ3v) is 14.0. The van der Waals surface area contributed by atoms with Gasteiger partial charge in [-0.05, 0) is 60.7 Å². The third kappa shape index (κ3) is 4.77. The fourth-order valence-corrected chi connectivity index (χ4v) is 11.3. The fraction of sp³-hybridized carbons (Fsp3) is 0. The number of aromatic nitrogens is 10. The van der Waals surface area contributed by atoms with Crippen molar-refractivity contribution in [3.63, 3.8) is 0 Å². The summed E-state index contributed by atoms with van der Waals surface area (Å²) in [6.07, 6.45) is 11.0. The van der Waals surface area contributed by atoms with E-state index < -0.39 is 0 Å². The van der Waals surface area contributed by atoms with Crippen LogP contribution in [0.15, 0.2) is 146 Å². The number of aromatic amines is 2. The number of para-hydroxylation sites is 2. The van der Waals surface area contributed by atoms with Crippen molar-refractivity contribution >= 4 is 98.1 Å². The molecular weight excluding hydrogens is 789 g/mol. The Morgan fingerprint density at radius 2 is 0.949 bits per heavy atom. The zero-order valence-corrected chi connectivity index (χ0v) is 33.1. The smallest absolute Gasteiger partial charge is 0.145 e. The molecule has 9 heterocycles. The number of thiazole rings is 2. The van der Waals surface area contributed by atoms with Crippen LogP contribution in [0.5, 0.6) is 0 Å². The van der Waals surface area contributed by atoms with Gasteiger partial charge < -0.3 is 9.97 Å². The van der Waals surface area contributed by atoms with E-state index in [1.165, 1.54) is 20.2 Å². The zero-order valence-electron chi connectivity index (χ0n) is 30.7. The molecule has 0 aliphatic heterocycles. The van der Waals surface area contributed by atoms with Crippen molar-refractivity contribution < 1.29 is 0 Å². The van der Waals surface area contributed by atoms with Crippen molar-refractivity contribution in [2.75, 3.05) is 0 Å². The van der Waals surface area contributed by atoms with Crippen LogP contribution < -0.4 is 0 Å². The van der Waals surface area contributed by atoms with E-state index in [1.807, 2.05) is 47.9 Å². The van der Waals surface area contributed by atoms with Crippen molar-refractivity contribution in [1.29, 1.82) is 0 Å². The molecule has 0 aliphatic rings. The number of imidazole rings is 2. The van der Waals surface area contributed by atoms with Gasteiger partial charge in [-0.25, -0.2) is 29.9 Å². The molecular formula is C46H26N10S3. The number of hydrogen-bond donors (Lipinski definition) is 2. The summed E-state index contributed by atoms with van der Waals surface area (Å²) in [7, 11) is 0. The van der Waals surface area contributed by atoms with E-state index in [4.69, 9.17) is 19.9 Å². The van der Waals surface area contributed by atoms with Crippen LogP contribution in [0.25, 0.3) is 119 Å². The van der Waals surface area contributed by atoms with E-state index >= 15 is 0 Å². The Kier molecular flexibility index (Phi) is 6.98. The number of nitrogens with one attached hydrogen (secondary N) is 2. The SMILES string of the molecule is c1cnc2c(c1)c1cccc(-c3ncsc3-c3c[nH]cn3)c1n2-c1ccc2sc3ccc(-n4c5ncccc5c5cccc(-c6ncsc6-c6c[nH]cn6)c54)cc3c2c1. The molecule has 0 bridgehead atoms. The minimum absolute atomic E-state index is 0.873. The summed E-state index contributed by atoms with van der Waals surface area (Å²) in [5.41, 5.74) is 15.4. The second-order valence-corrected chi connectivity index (χ2v) is 17.0. The third-order valence-electron chi connectivity index (χ3n) is 11.2. The van der Waals surface area contributed by atoms with Gasteiger partial charge in [0.25, 0.3) is 0 Å². The summed E-state index contributed by atoms with van der Waals surface area (Å²) in [6.45, 7) is 0. The van der Waals surface area contributed by atoms with Gasteiger partial charge in [-0.1, -0.05) is 36.4 Å². The number of H-pyrrole nitrogens is 2. The van der Waals surface area contributed by atoms with Crippen LogP contribution >= 0.6 is 34.0 Å². The normalized spacial score (nSPS) is 12.1. The van der Waals surface area contributed by atoms with Gasteiger partial charge in [0.2, 0.25) is 0 Å². The molecule has 278 valence electrons. The highest BCUT2D eigenvalue weighted by molar-refractivity contribution is 7.25. The van der Waals surface area contributed by atoms with Gasteiger partial charge in [-0.2, -0.15) is 0 Å². The molecule has 9 aromatic heterocycles. The van der Waals surface area contributed by atoms with Crippen LogP contribution in [0.2, 0.25) is 0 Å². The largest absolute Gasteiger partial charge is 0.351 e. The van der Waals surface area contributed by atoms with Crippen LogP contribution in [0.4, 0.5) is 0 Å². The standard InChI is InChI=1S/C46H26N10S3/c1-5-27-29-9-3-15-49-45(29)55(41(27)31(7-1)39-43(57-23-53-39)35-19-47-21-51-35)25-11-13-37-33(17-25)34-18-26(12-14-38(34)59-37)56-42-28(30-10-4-16-50-46(30)56)6-2-8-32(42)40-44(58-24-54-40)36-20-48-22-52-36/h1-24H,(H,47,51)(H,48,52). The maximum Gasteiger partial charge on any atom is 0.145 e. The van der Waals surface area contributed by atoms with Crippen molar-refractivity contribution in [2.24, 2.45) is 0 Å². The van der Waals surface area contributed by atoms with Crippen LogP contribution in [-0.2, 0) is 0 Å². The number of benzene rings is 4. The highest BCUT2D eigenvalue weighted by Crippen LogP contribution is 2.45. The second kappa shape index (κ2) is 12.6. The number of rotatable bonds is 6. The van der Waals surface area contributed by atoms with Gasteiger partial charge in [-0.3, -0.25) is 9.13 Å². The summed E-state index contributed by atoms with van der Waals surface area (Å²) in [6, 6.07) is 34.8. The van der Waals surface area contributed by atoms with E-state index in [2.05, 4.69) is 114 Å². The molecule has 13 heteroatoms. The highest BCUT2D eigenvalue weighted by Gasteiger charge is 2.24. The van der Waals surface area contributed by atoms with Crippen molar-refractivity contribution in [3.05, 3.63) is 146 Å². The number of nitrogens with zero attached hydrogens (tertiary/aromatic N) is 8. The van der Waals surface area contributed by atoms with Gasteiger partial charge in [0, 0.05) is 89.0 Å². The topological polar surface area (TPSA) is 119 Å². The minimum Gasteiger partial charge on any atom is -0.351 e. The first-order valence-corrected chi connectivity index (χ1v) is 21.5. The summed E-state index contributed by atoms with van der Waals surface area (Å²) >= 11 is 4.99. The predicted octanol–water partition coefficient (Wildman–Crippen LogP) is 12.1. The number of fused-ring (bicyclic) bond motifs is 9. The monoisotopic (exact) mass is 814 g/mol. The summed E-state index contributed by atoms with van der Waals surface area (Å²) in [5, 5.41) is 6.76. The summed E-state index contributed by atoms with van der Waals surface area (Å²) < 4.78 is 7.02. The first kappa shape index (κ1) is 32.7. The molecule has 4 aromatic carbocycles. The molecule has 0 unspecified atom stereocenters. The highest BCUT2D eigenvalue weighted by atomic mass is 32.1. The van der Waals surface area contributed by atoms with Crippen LogP contribution in [0, 0.1) is 0 Å². The minimum atomic E-state index is 0.873. The summed E-state index contributed by atoms with van der Waals surface area (Å²) in [4.78, 5) is 37.2. The van der Waals surface area contributed by atoms with Gasteiger partial charge in [0.15, 0.2) is 0 Å². The average molecular weight is 815 g/mol. The van der Waals surface area contributed by atoms with Gasteiger partial charge >= 0.3 is 0 Å². The molecule has 0 saturated carbocycles. The van der Waals surface area contributed by atoms with Gasteiger partial charge in [0.05, 0.1) is 55.9 Å². The maximum absolute atomic E-state index is 4.99. The average Bonchev–Trinajstić information content (AvgIpc) is 4.14. The molecule has 0 amide bonds. The lowest BCUT2D eigenvalue weighted by molar-refractivity contribution is 1.14. The fourth-order valence-electron chi connectivity index (χ4n) is 8.71. The van der Waals surface area contributed by atoms with Gasteiger partial charge in [0.1, 0.15) is 22.7 Å². The molecule has 59 heavy (non-hydrogen) atoms. The Balaban J connectivity index is 1.05. The van der Waals surface area contributed by atoms with E-state index in [1.54, 1.807) is 46.7 Å². The lowest BCUT2D eigenvalue weighted by Crippen LogP contribution is -1.98. The number of pyridine rings is 2. The van der Waals surface area contributed by atoms with Crippen LogP contribution in [0.3, 0.4) is 0 Å². The second-order valence-electron chi connectivity index (χ2n) is 14.3. The molecule has 0 spiro atoms. The van der Waals surface area contributed by atoms with E-state index in [-0.39, 0.29) is 0 Å². The molecule has 0 aliphatic carbocycles. The number of hydrogen-bond acceptors (Lipinski definition) is 9. The molecule has 0 atom stereocenters. The van der Waals surface area contributed by atoms with E-state index in [0.717, 1.165) is 98.9 Å². The molecule has 0 saturated heterocycles. The summed E-state index contributed by atoms with van der Waals surface area (Å²) in [5.74, 6) is 0. The van der Waals surface area contributed by atoms with Crippen molar-refractivity contribution in [1.82, 2.24) is 49.0 Å². The van der Waals surface area contributed by atoms with Gasteiger partial charge in [-0.15, -0.1) is 34.0 Å². The Morgan fingerprint density at radius 1 is 0.458 bits per heavy atom. The molecule has 0 radical (unpaired) electrons. The lowest BCUT2D eigenvalue weighted by atomic mass is 10.0. The first-order chi connectivity index (χ1) is 29.3. The molecule has 13 rings (SSSR count). The first-order valence-electron chi connectivity index (χ1n) is 18.9. The molecule has 0 fully saturated rings. The maximum atomic E-state index is 4.99. The Labute approximate surface area is 345 Å². The molecule has 13 aromatic rings. The molecule has 10 nitrogen and oxygen atoms in total. The van der Waals surface area contributed by atoms with Crippen LogP contribution in [-0.4, -0.2) is 49.0 Å². The quantitative estimate of drug-likeness (QED) is 0.173. The van der Waals surface area contributed by atoms with E-state index in [9.17, 15) is 0 Å². The Morgan fingerprint density at radius 3 is 1.42 bits per heavy atom. The Hall–Kier alpha value is -7.32.